The Kier molecular flexibility index (Phi) is 9.62. The van der Waals surface area contributed by atoms with Crippen LogP contribution < -0.4 is 20.9 Å². The smallest absolute Gasteiger partial charge is 0.319 e. The molecule has 5 heterocycles. The normalized spacial score (nSPS) is 21.4. The molecule has 0 bridgehead atoms. The summed E-state index contributed by atoms with van der Waals surface area (Å²) in [5.74, 6) is 0.974. The van der Waals surface area contributed by atoms with Gasteiger partial charge in [-0.25, -0.2) is 9.78 Å². The third-order valence-electron chi connectivity index (χ3n) is 10.0. The first kappa shape index (κ1) is 34.1. The van der Waals surface area contributed by atoms with E-state index in [1.54, 1.807) is 35.4 Å². The summed E-state index contributed by atoms with van der Waals surface area (Å²) < 4.78 is 1.79. The Morgan fingerprint density at radius 3 is 2.38 bits per heavy atom. The second-order valence-electron chi connectivity index (χ2n) is 13.4. The van der Waals surface area contributed by atoms with Gasteiger partial charge in [0.2, 0.25) is 5.95 Å². The number of nitrogens with one attached hydrogen (secondary N) is 3. The summed E-state index contributed by atoms with van der Waals surface area (Å²) in [7, 11) is 0. The molecule has 5 atom stereocenters. The molecule has 6 aromatic rings. The minimum absolute atomic E-state index is 0.00425. The van der Waals surface area contributed by atoms with E-state index >= 15 is 0 Å². The zero-order valence-electron chi connectivity index (χ0n) is 28.7. The van der Waals surface area contributed by atoms with Gasteiger partial charge >= 0.3 is 6.03 Å². The molecule has 2 aromatic carbocycles. The van der Waals surface area contributed by atoms with E-state index in [0.29, 0.717) is 66.8 Å². The van der Waals surface area contributed by atoms with Crippen LogP contribution in [-0.4, -0.2) is 98.7 Å². The molecule has 8 rings (SSSR count). The van der Waals surface area contributed by atoms with Gasteiger partial charge in [-0.3, -0.25) is 4.98 Å². The lowest BCUT2D eigenvalue weighted by molar-refractivity contribution is 0.00491. The predicted molar refractivity (Wildman–Crippen MR) is 196 cm³/mol. The molecule has 2 amide bonds. The molecule has 1 saturated carbocycles. The molecule has 0 unspecified atom stereocenters. The molecule has 0 radical (unpaired) electrons. The molecule has 16 heteroatoms. The van der Waals surface area contributed by atoms with E-state index in [4.69, 9.17) is 15.0 Å². The fourth-order valence-corrected chi connectivity index (χ4v) is 7.29. The van der Waals surface area contributed by atoms with Crippen LogP contribution >= 0.6 is 0 Å². The molecule has 6 N–H and O–H groups in total. The van der Waals surface area contributed by atoms with E-state index in [-0.39, 0.29) is 24.6 Å². The summed E-state index contributed by atoms with van der Waals surface area (Å²) >= 11 is 0. The van der Waals surface area contributed by atoms with Crippen LogP contribution in [0.2, 0.25) is 0 Å². The minimum atomic E-state index is -1.17. The van der Waals surface area contributed by atoms with Crippen molar-refractivity contribution in [1.29, 1.82) is 0 Å². The molecular formula is C37H40N12O4. The third-order valence-corrected chi connectivity index (χ3v) is 10.0. The summed E-state index contributed by atoms with van der Waals surface area (Å²) in [5, 5.41) is 49.9. The molecule has 2 fully saturated rings. The summed E-state index contributed by atoms with van der Waals surface area (Å²) in [4.78, 5) is 35.0. The first-order valence-electron chi connectivity index (χ1n) is 17.6. The highest BCUT2D eigenvalue weighted by atomic mass is 16.3. The lowest BCUT2D eigenvalue weighted by Crippen LogP contribution is -2.40. The van der Waals surface area contributed by atoms with Crippen LogP contribution in [0.4, 0.5) is 22.2 Å². The van der Waals surface area contributed by atoms with E-state index in [0.717, 1.165) is 11.1 Å². The largest absolute Gasteiger partial charge is 0.390 e. The molecule has 4 aromatic heterocycles. The van der Waals surface area contributed by atoms with Crippen LogP contribution in [0.25, 0.3) is 11.2 Å². The number of rotatable bonds is 11. The number of aromatic nitrogens is 8. The van der Waals surface area contributed by atoms with Gasteiger partial charge in [0.25, 0.3) is 0 Å². The fraction of sp³-hybridized carbons (Fsp3) is 0.324. The molecular weight excluding hydrogens is 676 g/mol. The molecule has 1 aliphatic carbocycles. The van der Waals surface area contributed by atoms with E-state index in [2.05, 4.69) is 55.4 Å². The maximum absolute atomic E-state index is 12.8. The third kappa shape index (κ3) is 7.11. The molecule has 53 heavy (non-hydrogen) atoms. The standard InChI is InChI=1S/C37H40N12O4/c50-21-27-18-41-49(46-27)30-16-29(32(51)33(30)52)48-22-40-31-34(39-19-28(23-8-3-1-4-9-23)24-10-5-2-6-11-24)44-36(45-35(31)48)47-15-13-26(20-47)43-37(53)42-25-12-7-14-38-17-25/h1-12,14,17-18,22,26,28-30,32-33,50-52H,13,15-16,19-21H2,(H,39,44,45)(H2,42,43,53)/t26-,29-,30+,32+,33-/m1/s1. The number of carbonyl (C=O) groups is 1. The maximum atomic E-state index is 12.8. The number of nitrogens with zero attached hydrogens (tertiary/aromatic N) is 9. The van der Waals surface area contributed by atoms with Crippen molar-refractivity contribution in [2.24, 2.45) is 0 Å². The van der Waals surface area contributed by atoms with Gasteiger partial charge in [0.1, 0.15) is 23.9 Å². The van der Waals surface area contributed by atoms with E-state index < -0.39 is 24.3 Å². The maximum Gasteiger partial charge on any atom is 0.319 e. The number of aliphatic hydroxyl groups excluding tert-OH is 3. The topological polar surface area (TPSA) is 204 Å². The molecule has 272 valence electrons. The van der Waals surface area contributed by atoms with Gasteiger partial charge in [-0.05, 0) is 36.1 Å². The van der Waals surface area contributed by atoms with Crippen molar-refractivity contribution < 1.29 is 20.1 Å². The van der Waals surface area contributed by atoms with Gasteiger partial charge < -0.3 is 40.7 Å². The van der Waals surface area contributed by atoms with Crippen molar-refractivity contribution >= 4 is 34.6 Å². The molecule has 1 saturated heterocycles. The lowest BCUT2D eigenvalue weighted by atomic mass is 9.91. The fourth-order valence-electron chi connectivity index (χ4n) is 7.29. The highest BCUT2D eigenvalue weighted by Crippen LogP contribution is 2.40. The number of carbonyl (C=O) groups excluding carboxylic acids is 1. The summed E-state index contributed by atoms with van der Waals surface area (Å²) in [6.45, 7) is 1.30. The van der Waals surface area contributed by atoms with Crippen LogP contribution in [0.15, 0.2) is 97.7 Å². The zero-order chi connectivity index (χ0) is 36.3. The summed E-state index contributed by atoms with van der Waals surface area (Å²) in [6, 6.07) is 22.4. The van der Waals surface area contributed by atoms with Crippen LogP contribution in [-0.2, 0) is 6.61 Å². The Hall–Kier alpha value is -5.97. The van der Waals surface area contributed by atoms with Crippen molar-refractivity contribution in [2.45, 2.75) is 55.7 Å². The highest BCUT2D eigenvalue weighted by molar-refractivity contribution is 5.89. The van der Waals surface area contributed by atoms with Crippen LogP contribution in [0, 0.1) is 0 Å². The predicted octanol–water partition coefficient (Wildman–Crippen LogP) is 2.86. The second kappa shape index (κ2) is 14.9. The van der Waals surface area contributed by atoms with Crippen molar-refractivity contribution in [3.63, 3.8) is 0 Å². The Morgan fingerprint density at radius 2 is 1.68 bits per heavy atom. The number of amides is 2. The Bertz CT molecular complexity index is 2110. The van der Waals surface area contributed by atoms with Gasteiger partial charge in [-0.2, -0.15) is 25.0 Å². The van der Waals surface area contributed by atoms with E-state index in [1.807, 2.05) is 41.3 Å². The van der Waals surface area contributed by atoms with Crippen molar-refractivity contribution in [2.75, 3.05) is 35.2 Å². The number of anilines is 3. The zero-order valence-corrected chi connectivity index (χ0v) is 28.7. The van der Waals surface area contributed by atoms with Crippen molar-refractivity contribution in [3.05, 3.63) is 115 Å². The Labute approximate surface area is 304 Å². The van der Waals surface area contributed by atoms with Gasteiger partial charge in [0.15, 0.2) is 17.0 Å². The average Bonchev–Trinajstić information content (AvgIpc) is 4.00. The average molecular weight is 717 g/mol. The molecule has 16 nitrogen and oxygen atoms in total. The van der Waals surface area contributed by atoms with Crippen LogP contribution in [0.5, 0.6) is 0 Å². The van der Waals surface area contributed by atoms with Gasteiger partial charge in [0.05, 0.1) is 37.1 Å². The second-order valence-corrected chi connectivity index (χ2v) is 13.4. The van der Waals surface area contributed by atoms with Crippen LogP contribution in [0.1, 0.15) is 47.7 Å². The van der Waals surface area contributed by atoms with Gasteiger partial charge in [-0.1, -0.05) is 60.7 Å². The van der Waals surface area contributed by atoms with Gasteiger partial charge in [-0.15, -0.1) is 0 Å². The number of hydrogen-bond donors (Lipinski definition) is 6. The monoisotopic (exact) mass is 716 g/mol. The number of urea groups is 1. The number of pyridine rings is 1. The number of hydrogen-bond acceptors (Lipinski definition) is 12. The van der Waals surface area contributed by atoms with Gasteiger partial charge in [0, 0.05) is 37.8 Å². The Morgan fingerprint density at radius 1 is 0.925 bits per heavy atom. The minimum Gasteiger partial charge on any atom is -0.390 e. The van der Waals surface area contributed by atoms with Crippen molar-refractivity contribution in [3.8, 4) is 0 Å². The number of aliphatic hydroxyl groups is 3. The van der Waals surface area contributed by atoms with E-state index in [1.165, 1.54) is 11.0 Å². The summed E-state index contributed by atoms with van der Waals surface area (Å²) in [6.07, 6.45) is 4.92. The molecule has 2 aliphatic rings. The molecule has 1 aliphatic heterocycles. The van der Waals surface area contributed by atoms with E-state index in [9.17, 15) is 20.1 Å². The highest BCUT2D eigenvalue weighted by Gasteiger charge is 2.45. The quantitative estimate of drug-likeness (QED) is 0.115. The molecule has 0 spiro atoms. The Balaban J connectivity index is 1.10. The number of imidazole rings is 1. The SMILES string of the molecule is O=C(Nc1cccnc1)N[C@@H]1CCN(c2nc(NCC(c3ccccc3)c3ccccc3)c3ncn([C@@H]4C[C@H](n5ncc(CO)n5)[C@@H](O)[C@H]4O)c3n2)C1. The van der Waals surface area contributed by atoms with Crippen molar-refractivity contribution in [1.82, 2.24) is 44.8 Å². The first-order chi connectivity index (χ1) is 25.9. The number of fused-ring (bicyclic) bond motifs is 1. The lowest BCUT2D eigenvalue weighted by Gasteiger charge is -2.22. The summed E-state index contributed by atoms with van der Waals surface area (Å²) in [5.41, 5.74) is 4.26. The van der Waals surface area contributed by atoms with Crippen LogP contribution in [0.3, 0.4) is 0 Å². The first-order valence-corrected chi connectivity index (χ1v) is 17.6. The number of benzene rings is 2.